The van der Waals surface area contributed by atoms with Crippen molar-refractivity contribution in [2.45, 2.75) is 32.2 Å². The van der Waals surface area contributed by atoms with E-state index in [0.29, 0.717) is 0 Å². The number of piperidine rings is 1. The van der Waals surface area contributed by atoms with Gasteiger partial charge >= 0.3 is 0 Å². The van der Waals surface area contributed by atoms with Gasteiger partial charge in [0, 0.05) is 39.4 Å². The van der Waals surface area contributed by atoms with Gasteiger partial charge in [-0.3, -0.25) is 4.99 Å². The number of hydrogen-bond donors (Lipinski definition) is 2. The van der Waals surface area contributed by atoms with Crippen LogP contribution >= 0.6 is 0 Å². The maximum atomic E-state index is 5.41. The average Bonchev–Trinajstić information content (AvgIpc) is 2.77. The molecule has 0 radical (unpaired) electrons. The van der Waals surface area contributed by atoms with Gasteiger partial charge in [-0.1, -0.05) is 18.2 Å². The Balaban J connectivity index is 1.49. The van der Waals surface area contributed by atoms with Crippen LogP contribution in [0.25, 0.3) is 0 Å². The molecule has 1 aromatic carbocycles. The number of pyridine rings is 1. The van der Waals surface area contributed by atoms with E-state index in [0.717, 1.165) is 50.1 Å². The van der Waals surface area contributed by atoms with Crippen LogP contribution in [0.1, 0.15) is 30.4 Å². The zero-order valence-corrected chi connectivity index (χ0v) is 16.9. The molecule has 3 rings (SSSR count). The number of aromatic nitrogens is 1. The largest absolute Gasteiger partial charge is 0.496 e. The first-order valence-corrected chi connectivity index (χ1v) is 10.1. The first kappa shape index (κ1) is 20.0. The lowest BCUT2D eigenvalue weighted by Gasteiger charge is -2.28. The van der Waals surface area contributed by atoms with Crippen LogP contribution in [0.2, 0.25) is 0 Å². The molecule has 28 heavy (non-hydrogen) atoms. The number of anilines is 1. The minimum absolute atomic E-state index is 0.720. The second-order valence-electron chi connectivity index (χ2n) is 6.98. The molecule has 0 spiro atoms. The highest BCUT2D eigenvalue weighted by molar-refractivity contribution is 5.79. The van der Waals surface area contributed by atoms with Crippen molar-refractivity contribution in [1.29, 1.82) is 0 Å². The molecule has 2 aromatic rings. The van der Waals surface area contributed by atoms with Gasteiger partial charge in [0.1, 0.15) is 11.6 Å². The highest BCUT2D eigenvalue weighted by Gasteiger charge is 2.12. The molecule has 150 valence electrons. The molecule has 1 fully saturated rings. The summed E-state index contributed by atoms with van der Waals surface area (Å²) in [6.07, 6.45) is 6.62. The number of benzene rings is 1. The third-order valence-electron chi connectivity index (χ3n) is 5.05. The van der Waals surface area contributed by atoms with Crippen LogP contribution in [0.15, 0.2) is 47.6 Å². The third kappa shape index (κ3) is 5.62. The summed E-state index contributed by atoms with van der Waals surface area (Å²) in [5.74, 6) is 2.80. The summed E-state index contributed by atoms with van der Waals surface area (Å²) in [6, 6.07) is 12.3. The summed E-state index contributed by atoms with van der Waals surface area (Å²) in [5, 5.41) is 6.77. The molecule has 1 aliphatic heterocycles. The predicted molar refractivity (Wildman–Crippen MR) is 115 cm³/mol. The van der Waals surface area contributed by atoms with Crippen LogP contribution in [-0.4, -0.2) is 44.7 Å². The molecule has 6 heteroatoms. The molecule has 0 amide bonds. The van der Waals surface area contributed by atoms with Crippen molar-refractivity contribution in [3.05, 3.63) is 53.7 Å². The van der Waals surface area contributed by atoms with Crippen molar-refractivity contribution in [3.8, 4) is 5.75 Å². The van der Waals surface area contributed by atoms with E-state index in [-0.39, 0.29) is 0 Å². The second kappa shape index (κ2) is 10.5. The summed E-state index contributed by atoms with van der Waals surface area (Å²) < 4.78 is 5.41. The monoisotopic (exact) mass is 381 g/mol. The van der Waals surface area contributed by atoms with Gasteiger partial charge in [-0.2, -0.15) is 0 Å². The summed E-state index contributed by atoms with van der Waals surface area (Å²) in [4.78, 5) is 11.3. The fraction of sp³-hybridized carbons (Fsp3) is 0.455. The van der Waals surface area contributed by atoms with Crippen LogP contribution in [0.3, 0.4) is 0 Å². The Bertz CT molecular complexity index is 771. The van der Waals surface area contributed by atoms with Crippen molar-refractivity contribution in [2.24, 2.45) is 4.99 Å². The summed E-state index contributed by atoms with van der Waals surface area (Å²) in [6.45, 7) is 3.72. The molecule has 0 aliphatic carbocycles. The Hall–Kier alpha value is -2.76. The van der Waals surface area contributed by atoms with Crippen molar-refractivity contribution in [3.63, 3.8) is 0 Å². The number of para-hydroxylation sites is 1. The fourth-order valence-corrected chi connectivity index (χ4v) is 3.50. The molecule has 0 unspecified atom stereocenters. The van der Waals surface area contributed by atoms with E-state index in [2.05, 4.69) is 43.7 Å². The SMILES string of the molecule is CN=C(NCCc1ccccc1OC)NCc1ccnc(N2CCCCC2)c1. The molecule has 1 aliphatic rings. The van der Waals surface area contributed by atoms with E-state index >= 15 is 0 Å². The van der Waals surface area contributed by atoms with Crippen molar-refractivity contribution >= 4 is 11.8 Å². The van der Waals surface area contributed by atoms with E-state index in [4.69, 9.17) is 4.74 Å². The second-order valence-corrected chi connectivity index (χ2v) is 6.98. The van der Waals surface area contributed by atoms with Gasteiger partial charge in [-0.05, 0) is 55.0 Å². The Morgan fingerprint density at radius 3 is 2.75 bits per heavy atom. The minimum atomic E-state index is 0.720. The number of nitrogens with zero attached hydrogens (tertiary/aromatic N) is 3. The van der Waals surface area contributed by atoms with E-state index in [1.54, 1.807) is 14.2 Å². The Morgan fingerprint density at radius 1 is 1.14 bits per heavy atom. The number of ether oxygens (including phenoxy) is 1. The number of hydrogen-bond acceptors (Lipinski definition) is 4. The summed E-state index contributed by atoms with van der Waals surface area (Å²) >= 11 is 0. The molecule has 1 aromatic heterocycles. The zero-order chi connectivity index (χ0) is 19.6. The molecule has 0 atom stereocenters. The zero-order valence-electron chi connectivity index (χ0n) is 16.9. The van der Waals surface area contributed by atoms with Crippen LogP contribution < -0.4 is 20.3 Å². The molecular formula is C22H31N5O. The van der Waals surface area contributed by atoms with Gasteiger partial charge in [0.05, 0.1) is 7.11 Å². The Morgan fingerprint density at radius 2 is 1.96 bits per heavy atom. The molecule has 6 nitrogen and oxygen atoms in total. The quantitative estimate of drug-likeness (QED) is 0.570. The van der Waals surface area contributed by atoms with Crippen molar-refractivity contribution < 1.29 is 4.74 Å². The number of rotatable bonds is 7. The highest BCUT2D eigenvalue weighted by Crippen LogP contribution is 2.18. The molecule has 0 saturated carbocycles. The van der Waals surface area contributed by atoms with Crippen LogP contribution in [-0.2, 0) is 13.0 Å². The molecule has 2 heterocycles. The number of methoxy groups -OCH3 is 1. The predicted octanol–water partition coefficient (Wildman–Crippen LogP) is 2.99. The van der Waals surface area contributed by atoms with Gasteiger partial charge in [0.15, 0.2) is 5.96 Å². The van der Waals surface area contributed by atoms with Crippen LogP contribution in [0.5, 0.6) is 5.75 Å². The lowest BCUT2D eigenvalue weighted by Crippen LogP contribution is -2.38. The third-order valence-corrected chi connectivity index (χ3v) is 5.05. The maximum absolute atomic E-state index is 5.41. The normalized spacial score (nSPS) is 14.6. The van der Waals surface area contributed by atoms with Crippen LogP contribution in [0.4, 0.5) is 5.82 Å². The standard InChI is InChI=1S/C22H31N5O/c1-23-22(25-13-11-19-8-4-5-9-20(19)28-2)26-17-18-10-12-24-21(16-18)27-14-6-3-7-15-27/h4-5,8-10,12,16H,3,6-7,11,13-15,17H2,1-2H3,(H2,23,25,26). The van der Waals surface area contributed by atoms with Crippen molar-refractivity contribution in [1.82, 2.24) is 15.6 Å². The average molecular weight is 382 g/mol. The first-order valence-electron chi connectivity index (χ1n) is 10.1. The smallest absolute Gasteiger partial charge is 0.191 e. The summed E-state index contributed by atoms with van der Waals surface area (Å²) in [5.41, 5.74) is 2.40. The molecular weight excluding hydrogens is 350 g/mol. The number of nitrogens with one attached hydrogen (secondary N) is 2. The number of guanidine groups is 1. The molecule has 2 N–H and O–H groups in total. The van der Waals surface area contributed by atoms with Gasteiger partial charge in [-0.25, -0.2) is 4.98 Å². The molecule has 1 saturated heterocycles. The topological polar surface area (TPSA) is 61.8 Å². The lowest BCUT2D eigenvalue weighted by atomic mass is 10.1. The highest BCUT2D eigenvalue weighted by atomic mass is 16.5. The van der Waals surface area contributed by atoms with E-state index < -0.39 is 0 Å². The Kier molecular flexibility index (Phi) is 7.53. The Labute approximate surface area is 168 Å². The minimum Gasteiger partial charge on any atom is -0.496 e. The first-order chi connectivity index (χ1) is 13.8. The lowest BCUT2D eigenvalue weighted by molar-refractivity contribution is 0.409. The van der Waals surface area contributed by atoms with Gasteiger partial charge in [0.25, 0.3) is 0 Å². The van der Waals surface area contributed by atoms with Crippen LogP contribution in [0, 0.1) is 0 Å². The molecule has 0 bridgehead atoms. The van der Waals surface area contributed by atoms with Gasteiger partial charge in [0.2, 0.25) is 0 Å². The van der Waals surface area contributed by atoms with E-state index in [1.807, 2.05) is 24.4 Å². The number of aliphatic imine (C=N–C) groups is 1. The summed E-state index contributed by atoms with van der Waals surface area (Å²) in [7, 11) is 3.50. The fourth-order valence-electron chi connectivity index (χ4n) is 3.50. The van der Waals surface area contributed by atoms with E-state index in [9.17, 15) is 0 Å². The van der Waals surface area contributed by atoms with E-state index in [1.165, 1.54) is 30.4 Å². The van der Waals surface area contributed by atoms with Crippen molar-refractivity contribution in [2.75, 3.05) is 38.7 Å². The van der Waals surface area contributed by atoms with Gasteiger partial charge < -0.3 is 20.3 Å². The van der Waals surface area contributed by atoms with Gasteiger partial charge in [-0.15, -0.1) is 0 Å². The maximum Gasteiger partial charge on any atom is 0.191 e.